The zero-order valence-electron chi connectivity index (χ0n) is 8.95. The predicted molar refractivity (Wildman–Crippen MR) is 56.5 cm³/mol. The van der Waals surface area contributed by atoms with Crippen LogP contribution in [-0.4, -0.2) is 49.3 Å². The van der Waals surface area contributed by atoms with Crippen LogP contribution in [0.4, 0.5) is 4.79 Å². The minimum Gasteiger partial charge on any atom is -0.448 e. The Balaban J connectivity index is 1.65. The van der Waals surface area contributed by atoms with Gasteiger partial charge in [0.1, 0.15) is 6.61 Å². The van der Waals surface area contributed by atoms with Crippen LogP contribution in [0.1, 0.15) is 19.3 Å². The third-order valence-corrected chi connectivity index (χ3v) is 3.36. The van der Waals surface area contributed by atoms with Crippen molar-refractivity contribution in [3.8, 4) is 0 Å². The van der Waals surface area contributed by atoms with Gasteiger partial charge < -0.3 is 15.8 Å². The van der Waals surface area contributed by atoms with Crippen LogP contribution in [-0.2, 0) is 4.74 Å². The molecule has 5 heteroatoms. The van der Waals surface area contributed by atoms with Crippen molar-refractivity contribution in [3.63, 3.8) is 0 Å². The second-order valence-electron chi connectivity index (χ2n) is 4.26. The van der Waals surface area contributed by atoms with E-state index in [0.29, 0.717) is 25.2 Å². The van der Waals surface area contributed by atoms with E-state index in [9.17, 15) is 4.79 Å². The monoisotopic (exact) mass is 213 g/mol. The van der Waals surface area contributed by atoms with Crippen molar-refractivity contribution in [2.75, 3.05) is 26.2 Å². The predicted octanol–water partition coefficient (Wildman–Crippen LogP) is -0.0920. The van der Waals surface area contributed by atoms with Crippen molar-refractivity contribution in [2.24, 2.45) is 5.73 Å². The molecule has 0 saturated carbocycles. The molecule has 2 atom stereocenters. The molecule has 0 aliphatic carbocycles. The molecule has 2 aliphatic rings. The maximum absolute atomic E-state index is 10.3. The van der Waals surface area contributed by atoms with Gasteiger partial charge in [-0.25, -0.2) is 4.79 Å². The van der Waals surface area contributed by atoms with Crippen LogP contribution in [0, 0.1) is 0 Å². The van der Waals surface area contributed by atoms with Crippen LogP contribution in [0.15, 0.2) is 0 Å². The van der Waals surface area contributed by atoms with Crippen LogP contribution in [0.25, 0.3) is 0 Å². The highest BCUT2D eigenvalue weighted by Gasteiger charge is 2.36. The lowest BCUT2D eigenvalue weighted by molar-refractivity contribution is 0.155. The van der Waals surface area contributed by atoms with Gasteiger partial charge in [0.2, 0.25) is 0 Å². The van der Waals surface area contributed by atoms with E-state index in [4.69, 9.17) is 5.73 Å². The van der Waals surface area contributed by atoms with E-state index in [-0.39, 0.29) is 0 Å². The van der Waals surface area contributed by atoms with E-state index >= 15 is 0 Å². The van der Waals surface area contributed by atoms with Crippen LogP contribution < -0.4 is 11.1 Å². The van der Waals surface area contributed by atoms with E-state index in [1.54, 1.807) is 0 Å². The molecule has 0 aromatic rings. The third-order valence-electron chi connectivity index (χ3n) is 3.36. The van der Waals surface area contributed by atoms with Gasteiger partial charge in [0.25, 0.3) is 0 Å². The summed E-state index contributed by atoms with van der Waals surface area (Å²) < 4.78 is 4.68. The first-order chi connectivity index (χ1) is 7.27. The number of ether oxygens (including phenoxy) is 1. The van der Waals surface area contributed by atoms with Crippen molar-refractivity contribution in [1.29, 1.82) is 0 Å². The molecule has 86 valence electrons. The lowest BCUT2D eigenvalue weighted by Crippen LogP contribution is -2.40. The molecule has 2 aliphatic heterocycles. The molecule has 2 fully saturated rings. The summed E-state index contributed by atoms with van der Waals surface area (Å²) in [6, 6.07) is 1.28. The summed E-state index contributed by atoms with van der Waals surface area (Å²) in [5.74, 6) is 0. The van der Waals surface area contributed by atoms with Gasteiger partial charge in [-0.05, 0) is 25.8 Å². The Hall–Kier alpha value is -0.810. The van der Waals surface area contributed by atoms with E-state index in [0.717, 1.165) is 0 Å². The number of fused-ring (bicyclic) bond motifs is 1. The van der Waals surface area contributed by atoms with E-state index in [2.05, 4.69) is 15.0 Å². The molecule has 2 heterocycles. The van der Waals surface area contributed by atoms with Gasteiger partial charge >= 0.3 is 6.09 Å². The number of hydrogen-bond donors (Lipinski definition) is 2. The Morgan fingerprint density at radius 3 is 3.13 bits per heavy atom. The van der Waals surface area contributed by atoms with Gasteiger partial charge in [-0.2, -0.15) is 0 Å². The number of hydrogen-bond acceptors (Lipinski definition) is 4. The summed E-state index contributed by atoms with van der Waals surface area (Å²) in [6.07, 6.45) is 3.14. The first-order valence-electron chi connectivity index (χ1n) is 5.67. The summed E-state index contributed by atoms with van der Waals surface area (Å²) in [6.45, 7) is 3.54. The Bertz CT molecular complexity index is 235. The van der Waals surface area contributed by atoms with Gasteiger partial charge in [-0.15, -0.1) is 0 Å². The lowest BCUT2D eigenvalue weighted by atomic mass is 10.1. The summed E-state index contributed by atoms with van der Waals surface area (Å²) in [4.78, 5) is 12.9. The van der Waals surface area contributed by atoms with Crippen molar-refractivity contribution in [2.45, 2.75) is 31.3 Å². The molecule has 2 unspecified atom stereocenters. The quantitative estimate of drug-likeness (QED) is 0.640. The number of carbonyl (C=O) groups is 1. The summed E-state index contributed by atoms with van der Waals surface area (Å²) >= 11 is 0. The second-order valence-corrected chi connectivity index (χ2v) is 4.26. The molecule has 5 nitrogen and oxygen atoms in total. The molecule has 3 N–H and O–H groups in total. The molecular formula is C10H19N3O2. The zero-order chi connectivity index (χ0) is 10.7. The largest absolute Gasteiger partial charge is 0.448 e. The standard InChI is InChI=1S/C10H19N3O2/c11-10(14)15-7-4-12-8-3-6-13-5-1-2-9(8)13/h8-9,12H,1-7H2,(H2,11,14). The van der Waals surface area contributed by atoms with Crippen LogP contribution in [0.2, 0.25) is 0 Å². The Labute approximate surface area is 89.9 Å². The molecule has 0 radical (unpaired) electrons. The van der Waals surface area contributed by atoms with E-state index < -0.39 is 6.09 Å². The normalized spacial score (nSPS) is 30.4. The molecule has 15 heavy (non-hydrogen) atoms. The van der Waals surface area contributed by atoms with Crippen molar-refractivity contribution in [3.05, 3.63) is 0 Å². The van der Waals surface area contributed by atoms with Crippen molar-refractivity contribution in [1.82, 2.24) is 10.2 Å². The number of nitrogens with one attached hydrogen (secondary N) is 1. The summed E-state index contributed by atoms with van der Waals surface area (Å²) in [7, 11) is 0. The summed E-state index contributed by atoms with van der Waals surface area (Å²) in [5, 5.41) is 3.43. The average molecular weight is 213 g/mol. The Morgan fingerprint density at radius 2 is 2.33 bits per heavy atom. The number of rotatable bonds is 4. The van der Waals surface area contributed by atoms with Gasteiger partial charge in [0, 0.05) is 25.2 Å². The topological polar surface area (TPSA) is 67.6 Å². The van der Waals surface area contributed by atoms with Crippen LogP contribution in [0.5, 0.6) is 0 Å². The third kappa shape index (κ3) is 2.60. The fourth-order valence-electron chi connectivity index (χ4n) is 2.72. The maximum atomic E-state index is 10.3. The molecule has 2 saturated heterocycles. The number of nitrogens with two attached hydrogens (primary N) is 1. The van der Waals surface area contributed by atoms with E-state index in [1.807, 2.05) is 0 Å². The minimum absolute atomic E-state index is 0.374. The Kier molecular flexibility index (Phi) is 3.43. The number of carbonyl (C=O) groups excluding carboxylic acids is 1. The van der Waals surface area contributed by atoms with E-state index in [1.165, 1.54) is 32.4 Å². The molecule has 0 spiro atoms. The van der Waals surface area contributed by atoms with Crippen LogP contribution in [0.3, 0.4) is 0 Å². The highest BCUT2D eigenvalue weighted by molar-refractivity contribution is 5.64. The fraction of sp³-hybridized carbons (Fsp3) is 0.900. The number of primary amides is 1. The van der Waals surface area contributed by atoms with Gasteiger partial charge in [-0.1, -0.05) is 0 Å². The lowest BCUT2D eigenvalue weighted by Gasteiger charge is -2.21. The van der Waals surface area contributed by atoms with Gasteiger partial charge in [0.15, 0.2) is 0 Å². The van der Waals surface area contributed by atoms with Gasteiger partial charge in [0.05, 0.1) is 0 Å². The first kappa shape index (κ1) is 10.7. The van der Waals surface area contributed by atoms with Crippen molar-refractivity contribution >= 4 is 6.09 Å². The maximum Gasteiger partial charge on any atom is 0.404 e. The molecular weight excluding hydrogens is 194 g/mol. The van der Waals surface area contributed by atoms with Crippen LogP contribution >= 0.6 is 0 Å². The molecule has 0 aromatic heterocycles. The minimum atomic E-state index is -0.689. The smallest absolute Gasteiger partial charge is 0.404 e. The number of amides is 1. The van der Waals surface area contributed by atoms with Gasteiger partial charge in [-0.3, -0.25) is 4.90 Å². The first-order valence-corrected chi connectivity index (χ1v) is 5.67. The Morgan fingerprint density at radius 1 is 1.47 bits per heavy atom. The number of nitrogens with zero attached hydrogens (tertiary/aromatic N) is 1. The highest BCUT2D eigenvalue weighted by Crippen LogP contribution is 2.27. The van der Waals surface area contributed by atoms with Crippen molar-refractivity contribution < 1.29 is 9.53 Å². The summed E-state index contributed by atoms with van der Waals surface area (Å²) in [5.41, 5.74) is 4.88. The zero-order valence-corrected chi connectivity index (χ0v) is 8.95. The average Bonchev–Trinajstić information content (AvgIpc) is 2.74. The SMILES string of the molecule is NC(=O)OCCNC1CCN2CCCC12. The molecule has 0 bridgehead atoms. The molecule has 1 amide bonds. The second kappa shape index (κ2) is 4.81. The fourth-order valence-corrected chi connectivity index (χ4v) is 2.72. The molecule has 0 aromatic carbocycles. The highest BCUT2D eigenvalue weighted by atomic mass is 16.5. The molecule has 2 rings (SSSR count).